The highest BCUT2D eigenvalue weighted by atomic mass is 32.1. The van der Waals surface area contributed by atoms with Crippen LogP contribution in [0.4, 0.5) is 0 Å². The van der Waals surface area contributed by atoms with Crippen LogP contribution in [0.3, 0.4) is 0 Å². The molecule has 0 spiro atoms. The largest absolute Gasteiger partial charge is 0.466 e. The number of amides is 1. The van der Waals surface area contributed by atoms with Gasteiger partial charge in [-0.3, -0.25) is 14.5 Å². The van der Waals surface area contributed by atoms with Crippen LogP contribution in [0.2, 0.25) is 0 Å². The molecule has 2 rings (SSSR count). The fourth-order valence-electron chi connectivity index (χ4n) is 2.44. The van der Waals surface area contributed by atoms with Gasteiger partial charge >= 0.3 is 5.97 Å². The average Bonchev–Trinajstić information content (AvgIpc) is 2.99. The molecule has 6 heteroatoms. The molecule has 2 heterocycles. The van der Waals surface area contributed by atoms with Gasteiger partial charge in [-0.2, -0.15) is 0 Å². The molecular formula is C15H22N2O3S. The van der Waals surface area contributed by atoms with Gasteiger partial charge in [0.15, 0.2) is 0 Å². The van der Waals surface area contributed by atoms with E-state index in [1.807, 2.05) is 24.4 Å². The predicted molar refractivity (Wildman–Crippen MR) is 82.0 cm³/mol. The van der Waals surface area contributed by atoms with Gasteiger partial charge in [0, 0.05) is 4.88 Å². The molecule has 21 heavy (non-hydrogen) atoms. The molecule has 116 valence electrons. The van der Waals surface area contributed by atoms with E-state index in [1.54, 1.807) is 11.3 Å². The van der Waals surface area contributed by atoms with Gasteiger partial charge in [0.05, 0.1) is 25.6 Å². The molecule has 0 saturated carbocycles. The number of nitrogens with one attached hydrogen (secondary N) is 1. The average molecular weight is 310 g/mol. The second-order valence-corrected chi connectivity index (χ2v) is 6.19. The summed E-state index contributed by atoms with van der Waals surface area (Å²) in [6.07, 6.45) is 1.55. The lowest BCUT2D eigenvalue weighted by molar-refractivity contribution is -0.149. The van der Waals surface area contributed by atoms with Crippen LogP contribution in [0.1, 0.15) is 24.6 Å². The molecule has 0 atom stereocenters. The lowest BCUT2D eigenvalue weighted by Crippen LogP contribution is -2.42. The zero-order valence-corrected chi connectivity index (χ0v) is 13.2. The maximum Gasteiger partial charge on any atom is 0.309 e. The molecule has 0 bridgehead atoms. The summed E-state index contributed by atoms with van der Waals surface area (Å²) in [7, 11) is 0. The quantitative estimate of drug-likeness (QED) is 0.812. The number of nitrogens with zero attached hydrogens (tertiary/aromatic N) is 1. The van der Waals surface area contributed by atoms with Crippen molar-refractivity contribution in [2.45, 2.75) is 26.3 Å². The van der Waals surface area contributed by atoms with Gasteiger partial charge < -0.3 is 10.1 Å². The first-order valence-electron chi connectivity index (χ1n) is 7.37. The minimum absolute atomic E-state index is 0.00428. The number of piperidine rings is 1. The van der Waals surface area contributed by atoms with Crippen LogP contribution in [0.15, 0.2) is 17.5 Å². The molecule has 1 fully saturated rings. The normalized spacial score (nSPS) is 16.6. The second-order valence-electron chi connectivity index (χ2n) is 5.16. The summed E-state index contributed by atoms with van der Waals surface area (Å²) in [4.78, 5) is 26.8. The standard InChI is InChI=1S/C15H22N2O3S/c1-2-20-15(19)12-5-7-17(8-6-12)11-14(18)16-10-13-4-3-9-21-13/h3-4,9,12H,2,5-8,10-11H2,1H3,(H,16,18). The van der Waals surface area contributed by atoms with Crippen molar-refractivity contribution >= 4 is 23.2 Å². The van der Waals surface area contributed by atoms with E-state index in [9.17, 15) is 9.59 Å². The van der Waals surface area contributed by atoms with E-state index in [1.165, 1.54) is 0 Å². The number of rotatable bonds is 6. The summed E-state index contributed by atoms with van der Waals surface area (Å²) in [6, 6.07) is 3.99. The van der Waals surface area contributed by atoms with Gasteiger partial charge in [-0.15, -0.1) is 11.3 Å². The Morgan fingerprint density at radius 2 is 2.19 bits per heavy atom. The zero-order chi connectivity index (χ0) is 15.1. The van der Waals surface area contributed by atoms with Gasteiger partial charge in [0.2, 0.25) is 5.91 Å². The van der Waals surface area contributed by atoms with E-state index in [0.717, 1.165) is 30.8 Å². The first kappa shape index (κ1) is 16.0. The lowest BCUT2D eigenvalue weighted by atomic mass is 9.97. The number of hydrogen-bond acceptors (Lipinski definition) is 5. The lowest BCUT2D eigenvalue weighted by Gasteiger charge is -2.30. The molecule has 0 aromatic carbocycles. The predicted octanol–water partition coefficient (Wildman–Crippen LogP) is 1.64. The van der Waals surface area contributed by atoms with Crippen LogP contribution in [0, 0.1) is 5.92 Å². The molecule has 0 aliphatic carbocycles. The molecule has 1 saturated heterocycles. The number of likely N-dealkylation sites (tertiary alicyclic amines) is 1. The zero-order valence-electron chi connectivity index (χ0n) is 12.3. The van der Waals surface area contributed by atoms with Gasteiger partial charge in [-0.25, -0.2) is 0 Å². The first-order chi connectivity index (χ1) is 10.2. The summed E-state index contributed by atoms with van der Waals surface area (Å²) < 4.78 is 5.04. The van der Waals surface area contributed by atoms with Crippen molar-refractivity contribution in [3.8, 4) is 0 Å². The van der Waals surface area contributed by atoms with E-state index in [2.05, 4.69) is 10.2 Å². The number of esters is 1. The van der Waals surface area contributed by atoms with Crippen LogP contribution < -0.4 is 5.32 Å². The maximum absolute atomic E-state index is 11.9. The van der Waals surface area contributed by atoms with Crippen LogP contribution in [-0.4, -0.2) is 43.0 Å². The number of thiophene rings is 1. The SMILES string of the molecule is CCOC(=O)C1CCN(CC(=O)NCc2cccs2)CC1. The number of ether oxygens (including phenoxy) is 1. The van der Waals surface area contributed by atoms with Gasteiger partial charge in [-0.1, -0.05) is 6.07 Å². The molecule has 0 unspecified atom stereocenters. The molecule has 0 radical (unpaired) electrons. The smallest absolute Gasteiger partial charge is 0.309 e. The van der Waals surface area contributed by atoms with E-state index >= 15 is 0 Å². The molecule has 1 aromatic rings. The molecular weight excluding hydrogens is 288 g/mol. The summed E-state index contributed by atoms with van der Waals surface area (Å²) in [5.41, 5.74) is 0. The van der Waals surface area contributed by atoms with Crippen LogP contribution in [0.5, 0.6) is 0 Å². The Balaban J connectivity index is 1.66. The Morgan fingerprint density at radius 3 is 2.81 bits per heavy atom. The first-order valence-corrected chi connectivity index (χ1v) is 8.25. The minimum atomic E-state index is -0.0979. The number of hydrogen-bond donors (Lipinski definition) is 1. The van der Waals surface area contributed by atoms with Gasteiger partial charge in [0.25, 0.3) is 0 Å². The molecule has 5 nitrogen and oxygen atoms in total. The molecule has 1 aliphatic rings. The van der Waals surface area contributed by atoms with Crippen molar-refractivity contribution in [2.24, 2.45) is 5.92 Å². The van der Waals surface area contributed by atoms with Crippen molar-refractivity contribution in [2.75, 3.05) is 26.2 Å². The summed E-state index contributed by atoms with van der Waals surface area (Å²) in [5, 5.41) is 4.93. The topological polar surface area (TPSA) is 58.6 Å². The summed E-state index contributed by atoms with van der Waals surface area (Å²) in [6.45, 7) is 4.80. The third-order valence-corrected chi connectivity index (χ3v) is 4.49. The fourth-order valence-corrected chi connectivity index (χ4v) is 3.09. The monoisotopic (exact) mass is 310 g/mol. The third-order valence-electron chi connectivity index (χ3n) is 3.61. The minimum Gasteiger partial charge on any atom is -0.466 e. The Hall–Kier alpha value is -1.40. The molecule has 1 N–H and O–H groups in total. The van der Waals surface area contributed by atoms with E-state index < -0.39 is 0 Å². The van der Waals surface area contributed by atoms with Crippen molar-refractivity contribution < 1.29 is 14.3 Å². The highest BCUT2D eigenvalue weighted by Gasteiger charge is 2.26. The molecule has 1 aliphatic heterocycles. The summed E-state index contributed by atoms with van der Waals surface area (Å²) >= 11 is 1.64. The Bertz CT molecular complexity index is 453. The van der Waals surface area contributed by atoms with E-state index in [4.69, 9.17) is 4.74 Å². The van der Waals surface area contributed by atoms with Gasteiger partial charge in [-0.05, 0) is 44.3 Å². The number of carbonyl (C=O) groups excluding carboxylic acids is 2. The third kappa shape index (κ3) is 5.13. The Labute approximate surface area is 129 Å². The van der Waals surface area contributed by atoms with E-state index in [-0.39, 0.29) is 17.8 Å². The van der Waals surface area contributed by atoms with Crippen LogP contribution in [0.25, 0.3) is 0 Å². The van der Waals surface area contributed by atoms with Crippen molar-refractivity contribution in [3.05, 3.63) is 22.4 Å². The second kappa shape index (κ2) is 8.14. The number of carbonyl (C=O) groups is 2. The van der Waals surface area contributed by atoms with Gasteiger partial charge in [0.1, 0.15) is 0 Å². The van der Waals surface area contributed by atoms with Crippen molar-refractivity contribution in [1.82, 2.24) is 10.2 Å². The Kier molecular flexibility index (Phi) is 6.20. The van der Waals surface area contributed by atoms with Crippen LogP contribution >= 0.6 is 11.3 Å². The van der Waals surface area contributed by atoms with Crippen molar-refractivity contribution in [3.63, 3.8) is 0 Å². The highest BCUT2D eigenvalue weighted by molar-refractivity contribution is 7.09. The van der Waals surface area contributed by atoms with Crippen LogP contribution in [-0.2, 0) is 20.9 Å². The van der Waals surface area contributed by atoms with E-state index in [0.29, 0.717) is 19.7 Å². The maximum atomic E-state index is 11.9. The molecule has 1 amide bonds. The highest BCUT2D eigenvalue weighted by Crippen LogP contribution is 2.18. The fraction of sp³-hybridized carbons (Fsp3) is 0.600. The Morgan fingerprint density at radius 1 is 1.43 bits per heavy atom. The van der Waals surface area contributed by atoms with Crippen molar-refractivity contribution in [1.29, 1.82) is 0 Å². The summed E-state index contributed by atoms with van der Waals surface area (Å²) in [5.74, 6) is -0.0624. The molecule has 1 aromatic heterocycles.